The summed E-state index contributed by atoms with van der Waals surface area (Å²) in [6.07, 6.45) is 0. The van der Waals surface area contributed by atoms with Gasteiger partial charge in [-0.3, -0.25) is 0 Å². The zero-order valence-electron chi connectivity index (χ0n) is 40.7. The van der Waals surface area contributed by atoms with Gasteiger partial charge >= 0.3 is 0 Å². The summed E-state index contributed by atoms with van der Waals surface area (Å²) >= 11 is 1.80. The third kappa shape index (κ3) is 5.77. The maximum absolute atomic E-state index is 6.74. The molecule has 0 unspecified atom stereocenters. The van der Waals surface area contributed by atoms with Gasteiger partial charge in [-0.15, -0.1) is 11.3 Å². The fourth-order valence-corrected chi connectivity index (χ4v) is 14.3. The molecule has 4 heterocycles. The van der Waals surface area contributed by atoms with E-state index in [0.29, 0.717) is 5.82 Å². The number of thiophene rings is 1. The summed E-state index contributed by atoms with van der Waals surface area (Å²) in [5, 5.41) is 6.54. The largest absolute Gasteiger partial charge is 0.456 e. The van der Waals surface area contributed by atoms with E-state index in [1.165, 1.54) is 75.8 Å². The number of hydrogen-bond donors (Lipinski definition) is 0. The highest BCUT2D eigenvalue weighted by molar-refractivity contribution is 7.25. The Morgan fingerprint density at radius 1 is 0.303 bits per heavy atom. The van der Waals surface area contributed by atoms with Crippen LogP contribution in [0.5, 0.6) is 0 Å². The maximum Gasteiger partial charge on any atom is 0.161 e. The lowest BCUT2D eigenvalue weighted by atomic mass is 9.68. The van der Waals surface area contributed by atoms with E-state index in [1.807, 2.05) is 12.1 Å². The van der Waals surface area contributed by atoms with Crippen LogP contribution in [-0.2, 0) is 5.41 Å². The summed E-state index contributed by atoms with van der Waals surface area (Å²) in [5.74, 6) is 0.669. The van der Waals surface area contributed by atoms with Crippen LogP contribution in [0.15, 0.2) is 251 Å². The SMILES string of the molecule is c1cc(-c2ccc3oc4cccc(-c5cc(-c6ccc7oc8ccccc8c7c6)nc(-c6cccc7sc8ccccc8c67)n5)c4c3c2)cc(-c2cccc3c2C2(c4ccccc4-c4ccccc42)c2ccccc2-3)c1. The number of benzene rings is 11. The second-order valence-corrected chi connectivity index (χ2v) is 21.3. The molecule has 2 aliphatic carbocycles. The van der Waals surface area contributed by atoms with Gasteiger partial charge < -0.3 is 8.83 Å². The molecule has 11 aromatic carbocycles. The first-order valence-electron chi connectivity index (χ1n) is 25.9. The van der Waals surface area contributed by atoms with E-state index in [9.17, 15) is 0 Å². The zero-order valence-corrected chi connectivity index (χ0v) is 41.5. The smallest absolute Gasteiger partial charge is 0.161 e. The van der Waals surface area contributed by atoms with Crippen LogP contribution in [0.1, 0.15) is 22.3 Å². The van der Waals surface area contributed by atoms with Crippen LogP contribution in [0.2, 0.25) is 0 Å². The Kier molecular flexibility index (Phi) is 8.61. The Labute approximate surface area is 440 Å². The fourth-order valence-electron chi connectivity index (χ4n) is 13.2. The molecule has 0 fully saturated rings. The van der Waals surface area contributed by atoms with Crippen molar-refractivity contribution in [2.24, 2.45) is 0 Å². The van der Waals surface area contributed by atoms with Crippen LogP contribution in [0.3, 0.4) is 0 Å². The molecule has 4 nitrogen and oxygen atoms in total. The van der Waals surface area contributed by atoms with E-state index in [0.717, 1.165) is 83.1 Å². The number of nitrogens with zero attached hydrogens (tertiary/aromatic N) is 2. The molecule has 0 atom stereocenters. The van der Waals surface area contributed by atoms with Gasteiger partial charge in [-0.2, -0.15) is 0 Å². The molecular formula is C71H40N2O2S. The van der Waals surface area contributed by atoms with Gasteiger partial charge in [0, 0.05) is 58.4 Å². The lowest BCUT2D eigenvalue weighted by Crippen LogP contribution is -2.26. The Morgan fingerprint density at radius 3 is 1.66 bits per heavy atom. The summed E-state index contributed by atoms with van der Waals surface area (Å²) in [6, 6.07) is 87.9. The number of rotatable bonds is 5. The maximum atomic E-state index is 6.74. The Hall–Kier alpha value is -9.68. The van der Waals surface area contributed by atoms with Crippen LogP contribution >= 0.6 is 11.3 Å². The number of para-hydroxylation sites is 1. The number of fused-ring (bicyclic) bond motifs is 19. The molecule has 0 radical (unpaired) electrons. The minimum absolute atomic E-state index is 0.457. The molecule has 0 amide bonds. The van der Waals surface area contributed by atoms with Gasteiger partial charge in [-0.05, 0) is 133 Å². The van der Waals surface area contributed by atoms with E-state index in [4.69, 9.17) is 18.8 Å². The summed E-state index contributed by atoms with van der Waals surface area (Å²) < 4.78 is 15.5. The molecule has 76 heavy (non-hydrogen) atoms. The van der Waals surface area contributed by atoms with E-state index >= 15 is 0 Å². The Morgan fingerprint density at radius 2 is 0.829 bits per heavy atom. The monoisotopic (exact) mass is 984 g/mol. The summed E-state index contributed by atoms with van der Waals surface area (Å²) in [7, 11) is 0. The standard InChI is InChI=1S/C71H40N2O2S/c1-6-26-56-46(17-1)47-18-2-7-27-57(47)71(56)58-28-8-3-19-48(58)50-23-12-22-45(69(50)71)43-16-11-15-41(37-43)42-33-35-63-55(38-42)67-51(24-13-30-64(67)75-63)60-40-59(44-34-36-62-54(39-44)49-20-4-9-29-61(49)74-62)72-70(73-60)53-25-14-32-66-68(53)52-21-5-10-31-65(52)76-66/h1-40H. The summed E-state index contributed by atoms with van der Waals surface area (Å²) in [5.41, 5.74) is 22.7. The predicted octanol–water partition coefficient (Wildman–Crippen LogP) is 19.3. The van der Waals surface area contributed by atoms with Gasteiger partial charge in [-0.1, -0.05) is 176 Å². The number of aromatic nitrogens is 2. The third-order valence-electron chi connectivity index (χ3n) is 16.3. The van der Waals surface area contributed by atoms with Gasteiger partial charge in [0.2, 0.25) is 0 Å². The normalized spacial score (nSPS) is 13.1. The van der Waals surface area contributed by atoms with Crippen molar-refractivity contribution in [3.8, 4) is 78.4 Å². The molecule has 5 heteroatoms. The fraction of sp³-hybridized carbons (Fsp3) is 0.0141. The van der Waals surface area contributed by atoms with E-state index < -0.39 is 5.41 Å². The summed E-state index contributed by atoms with van der Waals surface area (Å²) in [6.45, 7) is 0. The van der Waals surface area contributed by atoms with E-state index in [2.05, 4.69) is 231 Å². The number of hydrogen-bond acceptors (Lipinski definition) is 5. The topological polar surface area (TPSA) is 52.1 Å². The highest BCUT2D eigenvalue weighted by Gasteiger charge is 2.52. The van der Waals surface area contributed by atoms with Crippen molar-refractivity contribution in [3.05, 3.63) is 265 Å². The lowest BCUT2D eigenvalue weighted by molar-refractivity contribution is 0.668. The Balaban J connectivity index is 0.846. The lowest BCUT2D eigenvalue weighted by Gasteiger charge is -2.32. The molecule has 1 spiro atoms. The molecule has 0 bridgehead atoms. The molecule has 0 N–H and O–H groups in total. The molecular weight excluding hydrogens is 945 g/mol. The second-order valence-electron chi connectivity index (χ2n) is 20.2. The van der Waals surface area contributed by atoms with Gasteiger partial charge in [0.15, 0.2) is 5.82 Å². The van der Waals surface area contributed by atoms with E-state index in [-0.39, 0.29) is 0 Å². The van der Waals surface area contributed by atoms with Crippen LogP contribution in [-0.4, -0.2) is 9.97 Å². The van der Waals surface area contributed by atoms with E-state index in [1.54, 1.807) is 11.3 Å². The molecule has 0 aliphatic heterocycles. The highest BCUT2D eigenvalue weighted by atomic mass is 32.1. The van der Waals surface area contributed by atoms with Crippen LogP contribution < -0.4 is 0 Å². The summed E-state index contributed by atoms with van der Waals surface area (Å²) in [4.78, 5) is 11.0. The van der Waals surface area contributed by atoms with Crippen molar-refractivity contribution in [2.75, 3.05) is 0 Å². The molecule has 15 aromatic rings. The molecule has 0 saturated heterocycles. The first-order valence-corrected chi connectivity index (χ1v) is 26.7. The molecule has 352 valence electrons. The minimum atomic E-state index is -0.457. The highest BCUT2D eigenvalue weighted by Crippen LogP contribution is 2.64. The van der Waals surface area contributed by atoms with Crippen molar-refractivity contribution in [1.82, 2.24) is 9.97 Å². The molecule has 2 aliphatic rings. The third-order valence-corrected chi connectivity index (χ3v) is 17.5. The first kappa shape index (κ1) is 41.8. The first-order chi connectivity index (χ1) is 37.7. The van der Waals surface area contributed by atoms with Crippen molar-refractivity contribution in [3.63, 3.8) is 0 Å². The predicted molar refractivity (Wildman–Crippen MR) is 313 cm³/mol. The van der Waals surface area contributed by atoms with Crippen LogP contribution in [0.25, 0.3) is 142 Å². The van der Waals surface area contributed by atoms with Gasteiger partial charge in [0.25, 0.3) is 0 Å². The van der Waals surface area contributed by atoms with Crippen molar-refractivity contribution in [2.45, 2.75) is 5.41 Å². The number of furan rings is 2. The minimum Gasteiger partial charge on any atom is -0.456 e. The Bertz CT molecular complexity index is 4910. The molecule has 0 saturated carbocycles. The van der Waals surface area contributed by atoms with Crippen molar-refractivity contribution >= 4 is 75.4 Å². The van der Waals surface area contributed by atoms with Gasteiger partial charge in [0.05, 0.1) is 16.8 Å². The molecule has 17 rings (SSSR count). The molecule has 4 aromatic heterocycles. The van der Waals surface area contributed by atoms with Gasteiger partial charge in [-0.25, -0.2) is 9.97 Å². The second kappa shape index (κ2) is 15.7. The van der Waals surface area contributed by atoms with Crippen molar-refractivity contribution in [1.29, 1.82) is 0 Å². The average Bonchev–Trinajstić information content (AvgIpc) is 4.49. The van der Waals surface area contributed by atoms with Crippen LogP contribution in [0, 0.1) is 0 Å². The quantitative estimate of drug-likeness (QED) is 0.172. The van der Waals surface area contributed by atoms with Crippen LogP contribution in [0.4, 0.5) is 0 Å². The van der Waals surface area contributed by atoms with Crippen molar-refractivity contribution < 1.29 is 8.83 Å². The van der Waals surface area contributed by atoms with Gasteiger partial charge in [0.1, 0.15) is 22.3 Å². The average molecular weight is 985 g/mol. The zero-order chi connectivity index (χ0) is 49.6.